The van der Waals surface area contributed by atoms with Gasteiger partial charge in [0.05, 0.1) is 13.2 Å². The van der Waals surface area contributed by atoms with E-state index < -0.39 is 0 Å². The monoisotopic (exact) mass is 395 g/mol. The van der Waals surface area contributed by atoms with Crippen molar-refractivity contribution in [1.29, 1.82) is 0 Å². The summed E-state index contributed by atoms with van der Waals surface area (Å²) in [5.74, 6) is 0.822. The second kappa shape index (κ2) is 8.95. The van der Waals surface area contributed by atoms with Gasteiger partial charge in [-0.3, -0.25) is 14.3 Å². The minimum absolute atomic E-state index is 0.0781. The highest BCUT2D eigenvalue weighted by Crippen LogP contribution is 2.10. The molecule has 7 heteroatoms. The molecule has 1 heterocycles. The van der Waals surface area contributed by atoms with Crippen LogP contribution in [-0.2, 0) is 19.8 Å². The highest BCUT2D eigenvalue weighted by Gasteiger charge is 2.10. The van der Waals surface area contributed by atoms with E-state index in [-0.39, 0.29) is 5.91 Å². The van der Waals surface area contributed by atoms with Crippen LogP contribution >= 0.6 is 12.2 Å². The summed E-state index contributed by atoms with van der Waals surface area (Å²) in [6, 6.07) is 17.9. The van der Waals surface area contributed by atoms with Crippen LogP contribution in [0.4, 0.5) is 0 Å². The smallest absolute Gasteiger partial charge is 0.251 e. The normalized spacial score (nSPS) is 11.0. The lowest BCUT2D eigenvalue weighted by molar-refractivity contribution is 0.0963. The second-order valence-electron chi connectivity index (χ2n) is 6.83. The Bertz CT molecular complexity index is 992. The molecule has 1 aromatic heterocycles. The van der Waals surface area contributed by atoms with Gasteiger partial charge in [0, 0.05) is 19.2 Å². The number of aryl methyl sites for hydroxylation is 1. The fourth-order valence-corrected chi connectivity index (χ4v) is 3.38. The van der Waals surface area contributed by atoms with Crippen molar-refractivity contribution < 1.29 is 4.79 Å². The van der Waals surface area contributed by atoms with E-state index >= 15 is 0 Å². The van der Waals surface area contributed by atoms with Gasteiger partial charge in [-0.05, 0) is 49.4 Å². The van der Waals surface area contributed by atoms with Crippen molar-refractivity contribution >= 4 is 18.1 Å². The van der Waals surface area contributed by atoms with E-state index in [9.17, 15) is 4.79 Å². The highest BCUT2D eigenvalue weighted by atomic mass is 32.1. The van der Waals surface area contributed by atoms with Crippen LogP contribution in [0.1, 0.15) is 27.3 Å². The van der Waals surface area contributed by atoms with Gasteiger partial charge in [0.15, 0.2) is 4.77 Å². The molecule has 3 rings (SSSR count). The van der Waals surface area contributed by atoms with Crippen LogP contribution in [0.3, 0.4) is 0 Å². The number of amides is 1. The zero-order chi connectivity index (χ0) is 20.1. The van der Waals surface area contributed by atoms with Gasteiger partial charge in [-0.2, -0.15) is 5.10 Å². The number of hydrogen-bond donors (Lipinski definition) is 1. The van der Waals surface area contributed by atoms with Gasteiger partial charge in [0.2, 0.25) is 0 Å². The molecule has 0 atom stereocenters. The largest absolute Gasteiger partial charge is 0.355 e. The lowest BCUT2D eigenvalue weighted by atomic mass is 10.1. The lowest BCUT2D eigenvalue weighted by Gasteiger charge is -2.16. The predicted octanol–water partition coefficient (Wildman–Crippen LogP) is 3.22. The van der Waals surface area contributed by atoms with E-state index in [0.717, 1.165) is 24.5 Å². The minimum atomic E-state index is -0.0781. The SMILES string of the molecule is CNC(=O)c1ccc(CN(C)Cn2nc(C)n(Cc3ccccc3)c2=S)cc1. The number of hydrogen-bond acceptors (Lipinski definition) is 4. The van der Waals surface area contributed by atoms with Gasteiger partial charge in [-0.25, -0.2) is 4.68 Å². The van der Waals surface area contributed by atoms with Crippen LogP contribution in [-0.4, -0.2) is 39.3 Å². The Labute approximate surface area is 170 Å². The van der Waals surface area contributed by atoms with E-state index in [1.54, 1.807) is 7.05 Å². The average Bonchev–Trinajstić information content (AvgIpc) is 2.96. The third-order valence-corrected chi connectivity index (χ3v) is 4.99. The van der Waals surface area contributed by atoms with E-state index in [2.05, 4.69) is 32.0 Å². The molecule has 3 aromatic rings. The minimum Gasteiger partial charge on any atom is -0.355 e. The van der Waals surface area contributed by atoms with Crippen molar-refractivity contribution in [3.05, 3.63) is 81.9 Å². The Morgan fingerprint density at radius 2 is 1.79 bits per heavy atom. The molecule has 0 radical (unpaired) electrons. The van der Waals surface area contributed by atoms with Crippen molar-refractivity contribution in [2.24, 2.45) is 0 Å². The molecule has 28 heavy (non-hydrogen) atoms. The Morgan fingerprint density at radius 3 is 2.43 bits per heavy atom. The molecular formula is C21H25N5OS. The van der Waals surface area contributed by atoms with Crippen molar-refractivity contribution in [1.82, 2.24) is 24.6 Å². The number of aromatic nitrogens is 3. The highest BCUT2D eigenvalue weighted by molar-refractivity contribution is 7.71. The maximum absolute atomic E-state index is 11.6. The number of benzene rings is 2. The lowest BCUT2D eigenvalue weighted by Crippen LogP contribution is -2.23. The quantitative estimate of drug-likeness (QED) is 0.624. The summed E-state index contributed by atoms with van der Waals surface area (Å²) in [5.41, 5.74) is 2.99. The third-order valence-electron chi connectivity index (χ3n) is 4.56. The van der Waals surface area contributed by atoms with Gasteiger partial charge in [0.1, 0.15) is 5.82 Å². The predicted molar refractivity (Wildman–Crippen MR) is 113 cm³/mol. The molecule has 0 saturated carbocycles. The first-order chi connectivity index (χ1) is 13.5. The molecule has 146 valence electrons. The molecule has 0 spiro atoms. The summed E-state index contributed by atoms with van der Waals surface area (Å²) in [7, 11) is 3.66. The number of rotatable bonds is 7. The van der Waals surface area contributed by atoms with Crippen LogP contribution < -0.4 is 5.32 Å². The van der Waals surface area contributed by atoms with Gasteiger partial charge >= 0.3 is 0 Å². The molecule has 1 amide bonds. The number of carbonyl (C=O) groups is 1. The second-order valence-corrected chi connectivity index (χ2v) is 7.20. The van der Waals surface area contributed by atoms with Gasteiger partial charge < -0.3 is 5.32 Å². The molecule has 0 aliphatic carbocycles. The average molecular weight is 396 g/mol. The molecule has 1 N–H and O–H groups in total. The number of carbonyl (C=O) groups excluding carboxylic acids is 1. The first-order valence-electron chi connectivity index (χ1n) is 9.15. The summed E-state index contributed by atoms with van der Waals surface area (Å²) in [6.45, 7) is 4.03. The zero-order valence-electron chi connectivity index (χ0n) is 16.4. The zero-order valence-corrected chi connectivity index (χ0v) is 17.2. The van der Waals surface area contributed by atoms with Crippen LogP contribution in [0, 0.1) is 11.7 Å². The Kier molecular flexibility index (Phi) is 6.38. The summed E-state index contributed by atoms with van der Waals surface area (Å²) in [4.78, 5) is 13.8. The van der Waals surface area contributed by atoms with Gasteiger partial charge in [-0.15, -0.1) is 0 Å². The molecule has 2 aromatic carbocycles. The summed E-state index contributed by atoms with van der Waals surface area (Å²) in [6.07, 6.45) is 0. The Hall–Kier alpha value is -2.77. The van der Waals surface area contributed by atoms with Crippen molar-refractivity contribution in [2.45, 2.75) is 26.7 Å². The standard InChI is InChI=1S/C21H25N5OS/c1-16-23-26(21(28)25(16)14-17-7-5-4-6-8-17)15-24(3)13-18-9-11-19(12-10-18)20(27)22-2/h4-12H,13-15H2,1-3H3,(H,22,27). The van der Waals surface area contributed by atoms with Crippen LogP contribution in [0.25, 0.3) is 0 Å². The maximum atomic E-state index is 11.6. The van der Waals surface area contributed by atoms with E-state index in [4.69, 9.17) is 12.2 Å². The summed E-state index contributed by atoms with van der Waals surface area (Å²) >= 11 is 5.65. The topological polar surface area (TPSA) is 55.1 Å². The van der Waals surface area contributed by atoms with Gasteiger partial charge in [-0.1, -0.05) is 42.5 Å². The van der Waals surface area contributed by atoms with E-state index in [0.29, 0.717) is 17.0 Å². The van der Waals surface area contributed by atoms with Crippen molar-refractivity contribution in [3.8, 4) is 0 Å². The molecule has 0 fully saturated rings. The fraction of sp³-hybridized carbons (Fsp3) is 0.286. The molecule has 6 nitrogen and oxygen atoms in total. The van der Waals surface area contributed by atoms with Crippen LogP contribution in [0.2, 0.25) is 0 Å². The molecule has 0 saturated heterocycles. The number of nitrogens with one attached hydrogen (secondary N) is 1. The van der Waals surface area contributed by atoms with Crippen molar-refractivity contribution in [2.75, 3.05) is 14.1 Å². The number of nitrogens with zero attached hydrogens (tertiary/aromatic N) is 4. The Morgan fingerprint density at radius 1 is 1.11 bits per heavy atom. The molecule has 0 bridgehead atoms. The Balaban J connectivity index is 1.67. The summed E-state index contributed by atoms with van der Waals surface area (Å²) in [5, 5.41) is 7.25. The molecule has 0 unspecified atom stereocenters. The molecule has 0 aliphatic rings. The van der Waals surface area contributed by atoms with Crippen LogP contribution in [0.15, 0.2) is 54.6 Å². The van der Waals surface area contributed by atoms with Gasteiger partial charge in [0.25, 0.3) is 5.91 Å². The molecule has 0 aliphatic heterocycles. The third kappa shape index (κ3) is 4.74. The van der Waals surface area contributed by atoms with Crippen molar-refractivity contribution in [3.63, 3.8) is 0 Å². The van der Waals surface area contributed by atoms with E-state index in [1.165, 1.54) is 5.56 Å². The summed E-state index contributed by atoms with van der Waals surface area (Å²) < 4.78 is 4.62. The maximum Gasteiger partial charge on any atom is 0.251 e. The first-order valence-corrected chi connectivity index (χ1v) is 9.56. The van der Waals surface area contributed by atoms with Crippen LogP contribution in [0.5, 0.6) is 0 Å². The fourth-order valence-electron chi connectivity index (χ4n) is 3.09. The first kappa shape index (κ1) is 20.0. The molecular weight excluding hydrogens is 370 g/mol. The van der Waals surface area contributed by atoms with E-state index in [1.807, 2.05) is 61.1 Å².